The molecule has 2 amide bonds. The van der Waals surface area contributed by atoms with Crippen molar-refractivity contribution in [2.75, 3.05) is 39.0 Å². The van der Waals surface area contributed by atoms with E-state index >= 15 is 0 Å². The lowest BCUT2D eigenvalue weighted by Gasteiger charge is -2.46. The Labute approximate surface area is 161 Å². The van der Waals surface area contributed by atoms with Crippen molar-refractivity contribution in [2.45, 2.75) is 44.7 Å². The summed E-state index contributed by atoms with van der Waals surface area (Å²) in [5, 5.41) is 7.97. The summed E-state index contributed by atoms with van der Waals surface area (Å²) in [6, 6.07) is 5.22. The number of fused-ring (bicyclic) bond motifs is 2. The molecule has 6 heteroatoms. The van der Waals surface area contributed by atoms with Crippen LogP contribution in [0.15, 0.2) is 18.3 Å². The summed E-state index contributed by atoms with van der Waals surface area (Å²) < 4.78 is 0. The van der Waals surface area contributed by atoms with E-state index in [1.54, 1.807) is 0 Å². The van der Waals surface area contributed by atoms with Crippen LogP contribution in [0, 0.1) is 0 Å². The molecule has 0 saturated carbocycles. The molecule has 0 bridgehead atoms. The van der Waals surface area contributed by atoms with Gasteiger partial charge in [0.05, 0.1) is 0 Å². The number of carbonyl (C=O) groups is 1. The van der Waals surface area contributed by atoms with Gasteiger partial charge in [0.25, 0.3) is 0 Å². The van der Waals surface area contributed by atoms with Gasteiger partial charge in [0.15, 0.2) is 0 Å². The highest BCUT2D eigenvalue weighted by molar-refractivity contribution is 5.91. The minimum absolute atomic E-state index is 0.0594. The first-order valence-corrected chi connectivity index (χ1v) is 10.1. The van der Waals surface area contributed by atoms with Crippen LogP contribution in [0.1, 0.15) is 37.3 Å². The lowest BCUT2D eigenvalue weighted by Crippen LogP contribution is -2.56. The monoisotopic (exact) mass is 369 g/mol. The molecule has 3 N–H and O–H groups in total. The number of nitrogens with one attached hydrogen (secondary N) is 3. The van der Waals surface area contributed by atoms with Crippen LogP contribution in [0.3, 0.4) is 0 Å². The van der Waals surface area contributed by atoms with Crippen molar-refractivity contribution in [3.8, 4) is 0 Å². The quantitative estimate of drug-likeness (QED) is 0.776. The van der Waals surface area contributed by atoms with Gasteiger partial charge in [-0.15, -0.1) is 0 Å². The van der Waals surface area contributed by atoms with Crippen LogP contribution < -0.4 is 10.6 Å². The average Bonchev–Trinajstić information content (AvgIpc) is 3.07. The number of anilines is 1. The molecule has 1 saturated heterocycles. The van der Waals surface area contributed by atoms with E-state index in [9.17, 15) is 4.79 Å². The number of hydrogen-bond acceptors (Lipinski definition) is 3. The molecule has 1 unspecified atom stereocenters. The van der Waals surface area contributed by atoms with E-state index in [1.807, 2.05) is 25.8 Å². The van der Waals surface area contributed by atoms with Gasteiger partial charge < -0.3 is 25.4 Å². The third kappa shape index (κ3) is 3.06. The van der Waals surface area contributed by atoms with Crippen molar-refractivity contribution in [3.05, 3.63) is 29.5 Å². The average molecular weight is 370 g/mol. The lowest BCUT2D eigenvalue weighted by molar-refractivity contribution is 0.124. The first-order valence-electron chi connectivity index (χ1n) is 10.1. The summed E-state index contributed by atoms with van der Waals surface area (Å²) in [4.78, 5) is 20.3. The molecule has 1 aliphatic heterocycles. The number of aromatic amines is 1. The maximum absolute atomic E-state index is 12.6. The number of piperidine rings is 1. The number of H-pyrrole nitrogens is 1. The minimum atomic E-state index is 0.0594. The molecule has 2 aliphatic rings. The normalized spacial score (nSPS) is 24.5. The number of benzene rings is 1. The summed E-state index contributed by atoms with van der Waals surface area (Å²) in [5.41, 5.74) is 5.19. The Morgan fingerprint density at radius 2 is 2.11 bits per heavy atom. The fourth-order valence-electron chi connectivity index (χ4n) is 5.04. The van der Waals surface area contributed by atoms with Gasteiger partial charge in [-0.05, 0) is 57.0 Å². The van der Waals surface area contributed by atoms with Crippen molar-refractivity contribution in [1.82, 2.24) is 20.1 Å². The fraction of sp³-hybridized carbons (Fsp3) is 0.571. The zero-order chi connectivity index (χ0) is 19.1. The van der Waals surface area contributed by atoms with Crippen LogP contribution in [0.2, 0.25) is 0 Å². The third-order valence-electron chi connectivity index (χ3n) is 6.46. The Morgan fingerprint density at radius 1 is 1.33 bits per heavy atom. The topological polar surface area (TPSA) is 63.4 Å². The van der Waals surface area contributed by atoms with Crippen molar-refractivity contribution in [1.29, 1.82) is 0 Å². The maximum atomic E-state index is 12.6. The number of aromatic nitrogens is 1. The molecule has 0 radical (unpaired) electrons. The van der Waals surface area contributed by atoms with Gasteiger partial charge in [-0.25, -0.2) is 4.79 Å². The van der Waals surface area contributed by atoms with Gasteiger partial charge >= 0.3 is 6.03 Å². The largest absolute Gasteiger partial charge is 0.388 e. The number of carbonyl (C=O) groups excluding carboxylic acids is 1. The minimum Gasteiger partial charge on any atom is -0.388 e. The number of rotatable bonds is 4. The number of hydrogen-bond donors (Lipinski definition) is 3. The molecule has 1 aliphatic carbocycles. The third-order valence-corrected chi connectivity index (χ3v) is 6.46. The molecular weight excluding hydrogens is 338 g/mol. The number of likely N-dealkylation sites (N-methyl/N-ethyl adjacent to an activating group) is 1. The summed E-state index contributed by atoms with van der Waals surface area (Å²) in [5.74, 6) is 0.435. The second-order valence-corrected chi connectivity index (χ2v) is 7.92. The molecule has 1 fully saturated rings. The van der Waals surface area contributed by atoms with Crippen molar-refractivity contribution < 1.29 is 4.79 Å². The van der Waals surface area contributed by atoms with Crippen molar-refractivity contribution in [2.24, 2.45) is 0 Å². The standard InChI is InChI=1S/C21H31N5O/c1-5-26(6-2)21(27)24-15-9-16-17-8-14(22-3)10-18-20(17)13(11-23-18)7-19(16)25(4)12-15/h8,10-11,15-16,19,22-23H,5-7,9,12H2,1-4H3,(H,24,27)/t15-,16?,19+/m0/s1. The maximum Gasteiger partial charge on any atom is 0.317 e. The lowest BCUT2D eigenvalue weighted by atomic mass is 9.74. The smallest absolute Gasteiger partial charge is 0.317 e. The molecular formula is C21H31N5O. The predicted octanol–water partition coefficient (Wildman–Crippen LogP) is 2.97. The summed E-state index contributed by atoms with van der Waals surface area (Å²) in [6.07, 6.45) is 4.24. The van der Waals surface area contributed by atoms with Gasteiger partial charge in [0.1, 0.15) is 0 Å². The molecule has 6 nitrogen and oxygen atoms in total. The Bertz CT molecular complexity index is 840. The van der Waals surface area contributed by atoms with Crippen LogP contribution >= 0.6 is 0 Å². The Morgan fingerprint density at radius 3 is 2.81 bits per heavy atom. The molecule has 4 rings (SSSR count). The van der Waals surface area contributed by atoms with E-state index in [1.165, 1.54) is 22.0 Å². The first-order chi connectivity index (χ1) is 13.0. The number of likely N-dealkylation sites (tertiary alicyclic amines) is 1. The Hall–Kier alpha value is -2.21. The van der Waals surface area contributed by atoms with Crippen LogP contribution in [0.5, 0.6) is 0 Å². The van der Waals surface area contributed by atoms with E-state index in [-0.39, 0.29) is 12.1 Å². The number of amides is 2. The van der Waals surface area contributed by atoms with Gasteiger partial charge in [0.2, 0.25) is 0 Å². The van der Waals surface area contributed by atoms with Gasteiger partial charge in [-0.1, -0.05) is 0 Å². The Kier molecular flexibility index (Phi) is 4.76. The zero-order valence-electron chi connectivity index (χ0n) is 16.8. The summed E-state index contributed by atoms with van der Waals surface area (Å²) in [6.45, 7) is 6.45. The van der Waals surface area contributed by atoms with Crippen molar-refractivity contribution in [3.63, 3.8) is 0 Å². The molecule has 1 aromatic carbocycles. The zero-order valence-corrected chi connectivity index (χ0v) is 16.8. The Balaban J connectivity index is 1.64. The van der Waals surface area contributed by atoms with Crippen LogP contribution in [-0.2, 0) is 6.42 Å². The van der Waals surface area contributed by atoms with Crippen LogP contribution in [0.4, 0.5) is 10.5 Å². The van der Waals surface area contributed by atoms with E-state index in [2.05, 4.69) is 45.9 Å². The highest BCUT2D eigenvalue weighted by atomic mass is 16.2. The van der Waals surface area contributed by atoms with E-state index < -0.39 is 0 Å². The van der Waals surface area contributed by atoms with E-state index in [0.29, 0.717) is 12.0 Å². The molecule has 2 aromatic rings. The first kappa shape index (κ1) is 18.2. The second kappa shape index (κ2) is 7.08. The fourth-order valence-corrected chi connectivity index (χ4v) is 5.04. The van der Waals surface area contributed by atoms with Gasteiger partial charge in [-0.2, -0.15) is 0 Å². The molecule has 27 heavy (non-hydrogen) atoms. The molecule has 2 heterocycles. The SMILES string of the molecule is CCN(CC)C(=O)N[C@H]1CC2c3cc(NC)cc4[nH]cc(c34)C[C@H]2N(C)C1. The summed E-state index contributed by atoms with van der Waals surface area (Å²) >= 11 is 0. The number of urea groups is 1. The molecule has 0 spiro atoms. The van der Waals surface area contributed by atoms with Crippen LogP contribution in [-0.4, -0.2) is 66.6 Å². The molecule has 1 aromatic heterocycles. The number of nitrogens with zero attached hydrogens (tertiary/aromatic N) is 2. The van der Waals surface area contributed by atoms with E-state index in [4.69, 9.17) is 0 Å². The molecule has 3 atom stereocenters. The predicted molar refractivity (Wildman–Crippen MR) is 111 cm³/mol. The second-order valence-electron chi connectivity index (χ2n) is 7.92. The van der Waals surface area contributed by atoms with Gasteiger partial charge in [0, 0.05) is 67.5 Å². The molecule has 146 valence electrons. The van der Waals surface area contributed by atoms with Crippen molar-refractivity contribution >= 4 is 22.6 Å². The summed E-state index contributed by atoms with van der Waals surface area (Å²) in [7, 11) is 4.17. The van der Waals surface area contributed by atoms with Gasteiger partial charge in [-0.3, -0.25) is 0 Å². The highest BCUT2D eigenvalue weighted by Crippen LogP contribution is 2.44. The van der Waals surface area contributed by atoms with Crippen LogP contribution in [0.25, 0.3) is 10.9 Å². The highest BCUT2D eigenvalue weighted by Gasteiger charge is 2.40. The van der Waals surface area contributed by atoms with E-state index in [0.717, 1.165) is 38.2 Å².